The predicted octanol–water partition coefficient (Wildman–Crippen LogP) is 0.966. The largest absolute Gasteiger partial charge is 0.339 e. The van der Waals surface area contributed by atoms with E-state index in [2.05, 4.69) is 20.8 Å². The Morgan fingerprint density at radius 1 is 1.10 bits per heavy atom. The molecule has 1 heterocycles. The molecule has 1 saturated heterocycles. The molecule has 0 saturated carbocycles. The summed E-state index contributed by atoms with van der Waals surface area (Å²) in [6.07, 6.45) is 1.22. The van der Waals surface area contributed by atoms with Gasteiger partial charge in [0.25, 0.3) is 0 Å². The number of nitrogens with zero attached hydrogens (tertiary/aromatic N) is 3. The standard InChI is InChI=1S/C15H30N4O2/c1-15(2,3)11-12(16)10-13(20)18-6-8-19(9-7-18)14(21)17(4)5/h12H,6-11,16H2,1-5H3. The minimum absolute atomic E-state index is 0.00605. The van der Waals surface area contributed by atoms with E-state index in [0.717, 1.165) is 6.42 Å². The Morgan fingerprint density at radius 3 is 2.00 bits per heavy atom. The van der Waals surface area contributed by atoms with Gasteiger partial charge in [-0.25, -0.2) is 4.79 Å². The lowest BCUT2D eigenvalue weighted by atomic mass is 9.87. The molecule has 2 N–H and O–H groups in total. The third-order valence-electron chi connectivity index (χ3n) is 3.60. The van der Waals surface area contributed by atoms with E-state index in [9.17, 15) is 9.59 Å². The van der Waals surface area contributed by atoms with Gasteiger partial charge in [-0.15, -0.1) is 0 Å². The Kier molecular flexibility index (Phi) is 6.01. The second kappa shape index (κ2) is 7.11. The highest BCUT2D eigenvalue weighted by Crippen LogP contribution is 2.21. The molecular weight excluding hydrogens is 268 g/mol. The van der Waals surface area contributed by atoms with Crippen LogP contribution in [0.4, 0.5) is 4.79 Å². The molecule has 1 fully saturated rings. The molecule has 6 heteroatoms. The molecule has 1 unspecified atom stereocenters. The molecule has 122 valence electrons. The zero-order valence-electron chi connectivity index (χ0n) is 14.1. The molecule has 21 heavy (non-hydrogen) atoms. The number of hydrogen-bond acceptors (Lipinski definition) is 3. The highest BCUT2D eigenvalue weighted by atomic mass is 16.2. The molecule has 6 nitrogen and oxygen atoms in total. The highest BCUT2D eigenvalue weighted by molar-refractivity contribution is 5.78. The minimum Gasteiger partial charge on any atom is -0.339 e. The van der Waals surface area contributed by atoms with Crippen molar-refractivity contribution in [2.24, 2.45) is 11.1 Å². The second-order valence-corrected chi connectivity index (χ2v) is 7.27. The number of rotatable bonds is 3. The van der Waals surface area contributed by atoms with Crippen LogP contribution in [0.2, 0.25) is 0 Å². The van der Waals surface area contributed by atoms with Crippen molar-refractivity contribution in [3.8, 4) is 0 Å². The molecule has 0 radical (unpaired) electrons. The van der Waals surface area contributed by atoms with Crippen LogP contribution in [0.3, 0.4) is 0 Å². The first-order chi connectivity index (χ1) is 9.60. The first-order valence-electron chi connectivity index (χ1n) is 7.60. The van der Waals surface area contributed by atoms with E-state index >= 15 is 0 Å². The van der Waals surface area contributed by atoms with Crippen molar-refractivity contribution in [2.45, 2.75) is 39.7 Å². The summed E-state index contributed by atoms with van der Waals surface area (Å²) in [7, 11) is 3.48. The third kappa shape index (κ3) is 5.91. The Hall–Kier alpha value is -1.30. The topological polar surface area (TPSA) is 69.9 Å². The Morgan fingerprint density at radius 2 is 1.57 bits per heavy atom. The van der Waals surface area contributed by atoms with Gasteiger partial charge in [0.15, 0.2) is 0 Å². The van der Waals surface area contributed by atoms with Crippen molar-refractivity contribution in [3.05, 3.63) is 0 Å². The van der Waals surface area contributed by atoms with Gasteiger partial charge in [-0.2, -0.15) is 0 Å². The fraction of sp³-hybridized carbons (Fsp3) is 0.867. The van der Waals surface area contributed by atoms with Crippen molar-refractivity contribution in [3.63, 3.8) is 0 Å². The fourth-order valence-electron chi connectivity index (χ4n) is 2.64. The van der Waals surface area contributed by atoms with Gasteiger partial charge in [0, 0.05) is 52.7 Å². The van der Waals surface area contributed by atoms with E-state index in [0.29, 0.717) is 32.6 Å². The zero-order chi connectivity index (χ0) is 16.2. The SMILES string of the molecule is CN(C)C(=O)N1CCN(C(=O)CC(N)CC(C)(C)C)CC1. The zero-order valence-corrected chi connectivity index (χ0v) is 14.1. The lowest BCUT2D eigenvalue weighted by molar-refractivity contribution is -0.133. The lowest BCUT2D eigenvalue weighted by Gasteiger charge is -2.36. The maximum Gasteiger partial charge on any atom is 0.319 e. The van der Waals surface area contributed by atoms with Crippen LogP contribution in [0.15, 0.2) is 0 Å². The van der Waals surface area contributed by atoms with Gasteiger partial charge < -0.3 is 20.4 Å². The van der Waals surface area contributed by atoms with Crippen molar-refractivity contribution in [1.29, 1.82) is 0 Å². The molecule has 1 aliphatic rings. The maximum absolute atomic E-state index is 12.2. The smallest absolute Gasteiger partial charge is 0.319 e. The van der Waals surface area contributed by atoms with E-state index in [1.807, 2.05) is 4.90 Å². The molecule has 0 bridgehead atoms. The van der Waals surface area contributed by atoms with Crippen LogP contribution < -0.4 is 5.73 Å². The summed E-state index contributed by atoms with van der Waals surface area (Å²) >= 11 is 0. The van der Waals surface area contributed by atoms with Crippen molar-refractivity contribution < 1.29 is 9.59 Å². The molecule has 1 atom stereocenters. The van der Waals surface area contributed by atoms with Gasteiger partial charge in [0.05, 0.1) is 0 Å². The summed E-state index contributed by atoms with van der Waals surface area (Å²) in [5.41, 5.74) is 6.20. The van der Waals surface area contributed by atoms with Crippen LogP contribution in [0.25, 0.3) is 0 Å². The van der Waals surface area contributed by atoms with Crippen LogP contribution in [0.5, 0.6) is 0 Å². The first-order valence-corrected chi connectivity index (χ1v) is 7.60. The van der Waals surface area contributed by atoms with Crippen LogP contribution >= 0.6 is 0 Å². The van der Waals surface area contributed by atoms with Gasteiger partial charge >= 0.3 is 6.03 Å². The predicted molar refractivity (Wildman–Crippen MR) is 83.9 cm³/mol. The number of urea groups is 1. The highest BCUT2D eigenvalue weighted by Gasteiger charge is 2.26. The molecule has 0 aromatic carbocycles. The average molecular weight is 298 g/mol. The summed E-state index contributed by atoms with van der Waals surface area (Å²) in [4.78, 5) is 29.2. The number of carbonyl (C=O) groups excluding carboxylic acids is 2. The quantitative estimate of drug-likeness (QED) is 0.844. The van der Waals surface area contributed by atoms with E-state index < -0.39 is 0 Å². The molecule has 0 spiro atoms. The van der Waals surface area contributed by atoms with Gasteiger partial charge in [0.1, 0.15) is 0 Å². The van der Waals surface area contributed by atoms with Crippen LogP contribution in [-0.4, -0.2) is 73.0 Å². The van der Waals surface area contributed by atoms with Crippen molar-refractivity contribution >= 4 is 11.9 Å². The minimum atomic E-state index is -0.0982. The number of piperazine rings is 1. The number of hydrogen-bond donors (Lipinski definition) is 1. The third-order valence-corrected chi connectivity index (χ3v) is 3.60. The average Bonchev–Trinajstić information content (AvgIpc) is 2.35. The second-order valence-electron chi connectivity index (χ2n) is 7.27. The van der Waals surface area contributed by atoms with E-state index in [1.54, 1.807) is 23.9 Å². The Bertz CT molecular complexity index is 368. The Labute approximate surface area is 128 Å². The summed E-state index contributed by atoms with van der Waals surface area (Å²) in [6.45, 7) is 8.77. The van der Waals surface area contributed by atoms with Crippen LogP contribution in [0, 0.1) is 5.41 Å². The van der Waals surface area contributed by atoms with E-state index in [4.69, 9.17) is 5.73 Å². The van der Waals surface area contributed by atoms with Gasteiger partial charge in [-0.3, -0.25) is 4.79 Å². The van der Waals surface area contributed by atoms with Gasteiger partial charge in [-0.05, 0) is 11.8 Å². The van der Waals surface area contributed by atoms with Gasteiger partial charge in [0.2, 0.25) is 5.91 Å². The molecule has 0 aromatic rings. The molecule has 0 aliphatic carbocycles. The number of nitrogens with two attached hydrogens (primary N) is 1. The van der Waals surface area contributed by atoms with Gasteiger partial charge in [-0.1, -0.05) is 20.8 Å². The normalized spacial score (nSPS) is 17.6. The van der Waals surface area contributed by atoms with Crippen LogP contribution in [0.1, 0.15) is 33.6 Å². The maximum atomic E-state index is 12.2. The van der Waals surface area contributed by atoms with Crippen molar-refractivity contribution in [1.82, 2.24) is 14.7 Å². The number of carbonyl (C=O) groups is 2. The first kappa shape index (κ1) is 17.8. The molecule has 1 aliphatic heterocycles. The molecule has 3 amide bonds. The Balaban J connectivity index is 2.40. The number of amides is 3. The summed E-state index contributed by atoms with van der Waals surface area (Å²) < 4.78 is 0. The van der Waals surface area contributed by atoms with Crippen LogP contribution in [-0.2, 0) is 4.79 Å². The molecule has 0 aromatic heterocycles. The molecule has 1 rings (SSSR count). The lowest BCUT2D eigenvalue weighted by Crippen LogP contribution is -2.53. The summed E-state index contributed by atoms with van der Waals surface area (Å²) in [5, 5.41) is 0. The molecular formula is C15H30N4O2. The van der Waals surface area contributed by atoms with Crippen molar-refractivity contribution in [2.75, 3.05) is 40.3 Å². The van der Waals surface area contributed by atoms with E-state index in [1.165, 1.54) is 0 Å². The monoisotopic (exact) mass is 298 g/mol. The fourth-order valence-corrected chi connectivity index (χ4v) is 2.64. The summed E-state index contributed by atoms with van der Waals surface area (Å²) in [6, 6.07) is -0.0922. The van der Waals surface area contributed by atoms with E-state index in [-0.39, 0.29) is 23.4 Å². The summed E-state index contributed by atoms with van der Waals surface area (Å²) in [5.74, 6) is 0.101.